The first-order valence-corrected chi connectivity index (χ1v) is 9.82. The molecule has 2 N–H and O–H groups in total. The lowest BCUT2D eigenvalue weighted by atomic mass is 10.1. The molecule has 0 heterocycles. The molecule has 0 aliphatic carbocycles. The maximum absolute atomic E-state index is 12.4. The van der Waals surface area contributed by atoms with Crippen LogP contribution in [0.5, 0.6) is 0 Å². The minimum atomic E-state index is -0.317. The molecule has 0 aromatic heterocycles. The van der Waals surface area contributed by atoms with Gasteiger partial charge in [-0.25, -0.2) is 0 Å². The number of hydrogen-bond acceptors (Lipinski definition) is 3. The zero-order chi connectivity index (χ0) is 19.1. The van der Waals surface area contributed by atoms with Crippen molar-refractivity contribution in [3.05, 3.63) is 59.2 Å². The summed E-state index contributed by atoms with van der Waals surface area (Å²) >= 11 is 1.32. The van der Waals surface area contributed by atoms with Crippen LogP contribution < -0.4 is 10.6 Å². The maximum Gasteiger partial charge on any atom is 0.237 e. The van der Waals surface area contributed by atoms with Gasteiger partial charge in [0.1, 0.15) is 0 Å². The molecule has 0 aliphatic heterocycles. The second kappa shape index (κ2) is 9.43. The van der Waals surface area contributed by atoms with Crippen LogP contribution in [0.3, 0.4) is 0 Å². The second-order valence-electron chi connectivity index (χ2n) is 6.36. The first kappa shape index (κ1) is 20.0. The molecule has 0 unspecified atom stereocenters. The van der Waals surface area contributed by atoms with Gasteiger partial charge in [-0.15, -0.1) is 11.8 Å². The standard InChI is InChI=1S/C21H26N2O2S/c1-5-17-8-10-18(11-9-17)22-20(24)13-26-16(4)21(25)23-19-12-14(2)6-7-15(19)3/h6-12,16H,5,13H2,1-4H3,(H,22,24)(H,23,25)/t16-/m1/s1. The van der Waals surface area contributed by atoms with Crippen molar-refractivity contribution in [2.45, 2.75) is 39.4 Å². The average molecular weight is 371 g/mol. The number of carbonyl (C=O) groups is 2. The number of amides is 2. The number of benzene rings is 2. The third-order valence-electron chi connectivity index (χ3n) is 4.13. The van der Waals surface area contributed by atoms with Gasteiger partial charge in [-0.2, -0.15) is 0 Å². The van der Waals surface area contributed by atoms with Gasteiger partial charge in [0, 0.05) is 11.4 Å². The molecule has 1 atom stereocenters. The molecule has 5 heteroatoms. The van der Waals surface area contributed by atoms with E-state index in [1.165, 1.54) is 17.3 Å². The van der Waals surface area contributed by atoms with E-state index in [-0.39, 0.29) is 22.8 Å². The van der Waals surface area contributed by atoms with Gasteiger partial charge in [0.25, 0.3) is 0 Å². The number of aryl methyl sites for hydroxylation is 3. The van der Waals surface area contributed by atoms with Crippen LogP contribution in [0.2, 0.25) is 0 Å². The topological polar surface area (TPSA) is 58.2 Å². The Kier molecular flexibility index (Phi) is 7.27. The summed E-state index contributed by atoms with van der Waals surface area (Å²) < 4.78 is 0. The van der Waals surface area contributed by atoms with E-state index in [1.807, 2.05) is 63.2 Å². The summed E-state index contributed by atoms with van der Waals surface area (Å²) in [7, 11) is 0. The Bertz CT molecular complexity index is 772. The zero-order valence-electron chi connectivity index (χ0n) is 15.8. The van der Waals surface area contributed by atoms with Gasteiger partial charge in [0.05, 0.1) is 11.0 Å². The van der Waals surface area contributed by atoms with Crippen molar-refractivity contribution in [3.8, 4) is 0 Å². The van der Waals surface area contributed by atoms with E-state index in [1.54, 1.807) is 0 Å². The first-order chi connectivity index (χ1) is 12.4. The minimum Gasteiger partial charge on any atom is -0.325 e. The van der Waals surface area contributed by atoms with E-state index >= 15 is 0 Å². The first-order valence-electron chi connectivity index (χ1n) is 8.77. The van der Waals surface area contributed by atoms with Gasteiger partial charge in [0.2, 0.25) is 11.8 Å². The molecule has 0 spiro atoms. The Labute approximate surface area is 159 Å². The van der Waals surface area contributed by atoms with Crippen LogP contribution in [-0.2, 0) is 16.0 Å². The zero-order valence-corrected chi connectivity index (χ0v) is 16.6. The fraction of sp³-hybridized carbons (Fsp3) is 0.333. The summed E-state index contributed by atoms with van der Waals surface area (Å²) in [5.41, 5.74) is 4.95. The predicted molar refractivity (Wildman–Crippen MR) is 111 cm³/mol. The number of hydrogen-bond donors (Lipinski definition) is 2. The van der Waals surface area contributed by atoms with Gasteiger partial charge < -0.3 is 10.6 Å². The Hall–Kier alpha value is -2.27. The largest absolute Gasteiger partial charge is 0.325 e. The molecule has 2 amide bonds. The quantitative estimate of drug-likeness (QED) is 0.751. The molecule has 26 heavy (non-hydrogen) atoms. The Morgan fingerprint density at radius 3 is 2.38 bits per heavy atom. The molecule has 138 valence electrons. The highest BCUT2D eigenvalue weighted by Gasteiger charge is 2.16. The van der Waals surface area contributed by atoms with Crippen LogP contribution >= 0.6 is 11.8 Å². The van der Waals surface area contributed by atoms with E-state index in [2.05, 4.69) is 17.6 Å². The summed E-state index contributed by atoms with van der Waals surface area (Å²) in [5.74, 6) is 0.0335. The highest BCUT2D eigenvalue weighted by molar-refractivity contribution is 8.01. The second-order valence-corrected chi connectivity index (χ2v) is 7.69. The Balaban J connectivity index is 1.82. The van der Waals surface area contributed by atoms with Gasteiger partial charge in [-0.3, -0.25) is 9.59 Å². The fourth-order valence-electron chi connectivity index (χ4n) is 2.40. The van der Waals surface area contributed by atoms with E-state index in [4.69, 9.17) is 0 Å². The maximum atomic E-state index is 12.4. The van der Waals surface area contributed by atoms with E-state index in [0.29, 0.717) is 0 Å². The molecule has 2 aromatic carbocycles. The van der Waals surface area contributed by atoms with Crippen molar-refractivity contribution in [1.82, 2.24) is 0 Å². The van der Waals surface area contributed by atoms with E-state index < -0.39 is 0 Å². The molecular formula is C21H26N2O2S. The smallest absolute Gasteiger partial charge is 0.237 e. The van der Waals surface area contributed by atoms with E-state index in [9.17, 15) is 9.59 Å². The van der Waals surface area contributed by atoms with Gasteiger partial charge in [0.15, 0.2) is 0 Å². The van der Waals surface area contributed by atoms with Gasteiger partial charge in [-0.05, 0) is 62.1 Å². The molecule has 0 bridgehead atoms. The number of anilines is 2. The minimum absolute atomic E-state index is 0.0937. The van der Waals surface area contributed by atoms with Crippen molar-refractivity contribution in [3.63, 3.8) is 0 Å². The Morgan fingerprint density at radius 2 is 1.73 bits per heavy atom. The summed E-state index contributed by atoms with van der Waals surface area (Å²) in [4.78, 5) is 24.4. The molecule has 0 aliphatic rings. The molecule has 0 saturated heterocycles. The third-order valence-corrected chi connectivity index (χ3v) is 5.27. The lowest BCUT2D eigenvalue weighted by molar-refractivity contribution is -0.115. The van der Waals surface area contributed by atoms with Crippen LogP contribution in [0.25, 0.3) is 0 Å². The third kappa shape index (κ3) is 5.92. The van der Waals surface area contributed by atoms with Crippen LogP contribution in [0.15, 0.2) is 42.5 Å². The summed E-state index contributed by atoms with van der Waals surface area (Å²) in [6.45, 7) is 7.86. The van der Waals surface area contributed by atoms with Crippen LogP contribution in [0, 0.1) is 13.8 Å². The number of carbonyl (C=O) groups excluding carboxylic acids is 2. The summed E-state index contributed by atoms with van der Waals surface area (Å²) in [6.07, 6.45) is 0.969. The van der Waals surface area contributed by atoms with E-state index in [0.717, 1.165) is 28.9 Å². The molecule has 4 nitrogen and oxygen atoms in total. The lowest BCUT2D eigenvalue weighted by Gasteiger charge is -2.14. The van der Waals surface area contributed by atoms with Crippen LogP contribution in [0.4, 0.5) is 11.4 Å². The molecule has 2 rings (SSSR count). The summed E-state index contributed by atoms with van der Waals surface area (Å²) in [6, 6.07) is 13.8. The normalized spacial score (nSPS) is 11.7. The molecule has 0 saturated carbocycles. The highest BCUT2D eigenvalue weighted by atomic mass is 32.2. The fourth-order valence-corrected chi connectivity index (χ4v) is 3.09. The number of thioether (sulfide) groups is 1. The number of nitrogens with one attached hydrogen (secondary N) is 2. The van der Waals surface area contributed by atoms with Crippen molar-refractivity contribution >= 4 is 35.0 Å². The van der Waals surface area contributed by atoms with Crippen molar-refractivity contribution in [2.24, 2.45) is 0 Å². The summed E-state index contributed by atoms with van der Waals surface area (Å²) in [5, 5.41) is 5.49. The molecule has 0 fully saturated rings. The van der Waals surface area contributed by atoms with Crippen molar-refractivity contribution < 1.29 is 9.59 Å². The van der Waals surface area contributed by atoms with Crippen molar-refractivity contribution in [1.29, 1.82) is 0 Å². The highest BCUT2D eigenvalue weighted by Crippen LogP contribution is 2.19. The molecule has 0 radical (unpaired) electrons. The average Bonchev–Trinajstić information content (AvgIpc) is 2.63. The lowest BCUT2D eigenvalue weighted by Crippen LogP contribution is -2.25. The van der Waals surface area contributed by atoms with Gasteiger partial charge >= 0.3 is 0 Å². The molecule has 2 aromatic rings. The van der Waals surface area contributed by atoms with Crippen molar-refractivity contribution in [2.75, 3.05) is 16.4 Å². The Morgan fingerprint density at radius 1 is 1.04 bits per heavy atom. The van der Waals surface area contributed by atoms with Gasteiger partial charge in [-0.1, -0.05) is 31.2 Å². The van der Waals surface area contributed by atoms with Crippen LogP contribution in [0.1, 0.15) is 30.5 Å². The number of rotatable bonds is 7. The molecular weight excluding hydrogens is 344 g/mol. The van der Waals surface area contributed by atoms with Crippen LogP contribution in [-0.4, -0.2) is 22.8 Å². The SMILES string of the molecule is CCc1ccc(NC(=O)CS[C@H](C)C(=O)Nc2cc(C)ccc2C)cc1. The monoisotopic (exact) mass is 370 g/mol. The predicted octanol–water partition coefficient (Wildman–Crippen LogP) is 4.56.